The lowest BCUT2D eigenvalue weighted by Gasteiger charge is -2.13. The number of H-pyrrole nitrogens is 1. The number of hydrogen-bond acceptors (Lipinski definition) is 4. The fraction of sp³-hybridized carbons (Fsp3) is 0.143. The Bertz CT molecular complexity index is 1120. The Morgan fingerprint density at radius 3 is 2.63 bits per heavy atom. The zero-order chi connectivity index (χ0) is 18.8. The number of rotatable bonds is 5. The number of nitrogens with zero attached hydrogens (tertiary/aromatic N) is 1. The Morgan fingerprint density at radius 1 is 1.15 bits per heavy atom. The maximum absolute atomic E-state index is 13.2. The molecule has 1 atom stereocenters. The maximum Gasteiger partial charge on any atom is 0.260 e. The standard InChI is InChI=1S/C21H18FN3OS/c1-13(14-5-3-2-4-6-14)23-11-18-24-20(26)19-17(12-27-21(19)25-18)15-7-9-16(22)10-8-15/h2-10,12-13,23H,11H2,1H3,(H,24,25,26)/t13-/m1/s1. The normalized spacial score (nSPS) is 12.4. The van der Waals surface area contributed by atoms with Crippen molar-refractivity contribution in [3.05, 3.63) is 87.5 Å². The molecule has 2 aromatic heterocycles. The molecule has 4 aromatic rings. The Kier molecular flexibility index (Phi) is 4.83. The maximum atomic E-state index is 13.2. The third kappa shape index (κ3) is 3.67. The van der Waals surface area contributed by atoms with E-state index in [2.05, 4.69) is 34.3 Å². The molecule has 2 N–H and O–H groups in total. The Balaban J connectivity index is 1.59. The largest absolute Gasteiger partial charge is 0.309 e. The van der Waals surface area contributed by atoms with E-state index in [-0.39, 0.29) is 17.4 Å². The van der Waals surface area contributed by atoms with E-state index in [0.717, 1.165) is 11.1 Å². The molecular formula is C21H18FN3OS. The lowest BCUT2D eigenvalue weighted by molar-refractivity contribution is 0.559. The van der Waals surface area contributed by atoms with Crippen LogP contribution in [-0.2, 0) is 6.54 Å². The number of fused-ring (bicyclic) bond motifs is 1. The van der Waals surface area contributed by atoms with Crippen molar-refractivity contribution < 1.29 is 4.39 Å². The minimum atomic E-state index is -0.300. The summed E-state index contributed by atoms with van der Waals surface area (Å²) in [5, 5.41) is 5.82. The van der Waals surface area contributed by atoms with E-state index >= 15 is 0 Å². The first-order chi connectivity index (χ1) is 13.1. The zero-order valence-electron chi connectivity index (χ0n) is 14.7. The number of thiophene rings is 1. The Morgan fingerprint density at radius 2 is 1.89 bits per heavy atom. The predicted octanol–water partition coefficient (Wildman–Crippen LogP) is 4.64. The summed E-state index contributed by atoms with van der Waals surface area (Å²) in [6.45, 7) is 2.54. The van der Waals surface area contributed by atoms with Crippen molar-refractivity contribution in [2.45, 2.75) is 19.5 Å². The molecule has 4 nitrogen and oxygen atoms in total. The van der Waals surface area contributed by atoms with Crippen LogP contribution in [-0.4, -0.2) is 9.97 Å². The first-order valence-corrected chi connectivity index (χ1v) is 9.54. The third-order valence-electron chi connectivity index (χ3n) is 4.52. The molecule has 6 heteroatoms. The highest BCUT2D eigenvalue weighted by molar-refractivity contribution is 7.17. The topological polar surface area (TPSA) is 57.8 Å². The molecule has 0 aliphatic rings. The van der Waals surface area contributed by atoms with E-state index in [1.807, 2.05) is 23.6 Å². The third-order valence-corrected chi connectivity index (χ3v) is 5.40. The number of benzene rings is 2. The number of halogens is 1. The second-order valence-electron chi connectivity index (χ2n) is 6.36. The molecule has 0 aliphatic heterocycles. The highest BCUT2D eigenvalue weighted by Gasteiger charge is 2.13. The van der Waals surface area contributed by atoms with Crippen LogP contribution in [0.5, 0.6) is 0 Å². The second-order valence-corrected chi connectivity index (χ2v) is 7.22. The van der Waals surface area contributed by atoms with Gasteiger partial charge in [0.15, 0.2) is 0 Å². The molecule has 0 saturated heterocycles. The summed E-state index contributed by atoms with van der Waals surface area (Å²) in [4.78, 5) is 20.8. The molecule has 0 radical (unpaired) electrons. The monoisotopic (exact) mass is 379 g/mol. The molecule has 0 saturated carbocycles. The van der Waals surface area contributed by atoms with Crippen molar-refractivity contribution in [1.29, 1.82) is 0 Å². The minimum Gasteiger partial charge on any atom is -0.309 e. The van der Waals surface area contributed by atoms with Crippen molar-refractivity contribution in [1.82, 2.24) is 15.3 Å². The lowest BCUT2D eigenvalue weighted by Crippen LogP contribution is -2.22. The van der Waals surface area contributed by atoms with Crippen molar-refractivity contribution in [3.8, 4) is 11.1 Å². The van der Waals surface area contributed by atoms with Gasteiger partial charge in [0.2, 0.25) is 0 Å². The van der Waals surface area contributed by atoms with Crippen LogP contribution in [0.25, 0.3) is 21.3 Å². The van der Waals surface area contributed by atoms with Gasteiger partial charge in [0.05, 0.1) is 11.9 Å². The van der Waals surface area contributed by atoms with E-state index in [0.29, 0.717) is 22.6 Å². The van der Waals surface area contributed by atoms with Gasteiger partial charge in [0, 0.05) is 17.0 Å². The summed E-state index contributed by atoms with van der Waals surface area (Å²) in [7, 11) is 0. The molecule has 0 aliphatic carbocycles. The van der Waals surface area contributed by atoms with Gasteiger partial charge in [-0.05, 0) is 30.2 Å². The van der Waals surface area contributed by atoms with Gasteiger partial charge in [-0.25, -0.2) is 9.37 Å². The first kappa shape index (κ1) is 17.6. The van der Waals surface area contributed by atoms with Crippen LogP contribution in [0.1, 0.15) is 24.4 Å². The quantitative estimate of drug-likeness (QED) is 0.531. The van der Waals surface area contributed by atoms with Gasteiger partial charge in [-0.2, -0.15) is 0 Å². The number of aromatic nitrogens is 2. The van der Waals surface area contributed by atoms with Crippen molar-refractivity contribution in [3.63, 3.8) is 0 Å². The Hall–Kier alpha value is -2.83. The van der Waals surface area contributed by atoms with E-state index in [1.165, 1.54) is 29.0 Å². The highest BCUT2D eigenvalue weighted by atomic mass is 32.1. The van der Waals surface area contributed by atoms with Crippen LogP contribution in [0.2, 0.25) is 0 Å². The number of aromatic amines is 1. The van der Waals surface area contributed by atoms with Gasteiger partial charge in [0.1, 0.15) is 16.5 Å². The summed E-state index contributed by atoms with van der Waals surface area (Å²) in [6.07, 6.45) is 0. The van der Waals surface area contributed by atoms with Gasteiger partial charge in [-0.15, -0.1) is 11.3 Å². The summed E-state index contributed by atoms with van der Waals surface area (Å²) in [6, 6.07) is 16.4. The van der Waals surface area contributed by atoms with Gasteiger partial charge >= 0.3 is 0 Å². The van der Waals surface area contributed by atoms with E-state index in [1.54, 1.807) is 12.1 Å². The SMILES string of the molecule is C[C@@H](NCc1nc2scc(-c3ccc(F)cc3)c2c(=O)[nH]1)c1ccccc1. The van der Waals surface area contributed by atoms with Gasteiger partial charge in [0.25, 0.3) is 5.56 Å². The summed E-state index contributed by atoms with van der Waals surface area (Å²) in [5.74, 6) is 0.300. The summed E-state index contributed by atoms with van der Waals surface area (Å²) in [5.41, 5.74) is 2.58. The molecule has 2 heterocycles. The molecule has 0 amide bonds. The Labute approximate surface area is 159 Å². The van der Waals surface area contributed by atoms with Gasteiger partial charge in [-0.1, -0.05) is 42.5 Å². The first-order valence-electron chi connectivity index (χ1n) is 8.66. The smallest absolute Gasteiger partial charge is 0.260 e. The molecule has 2 aromatic carbocycles. The fourth-order valence-corrected chi connectivity index (χ4v) is 4.00. The van der Waals surface area contributed by atoms with Crippen LogP contribution in [0.15, 0.2) is 64.8 Å². The molecule has 0 spiro atoms. The molecule has 0 unspecified atom stereocenters. The molecule has 27 heavy (non-hydrogen) atoms. The molecular weight excluding hydrogens is 361 g/mol. The van der Waals surface area contributed by atoms with Crippen LogP contribution in [0.3, 0.4) is 0 Å². The van der Waals surface area contributed by atoms with Crippen LogP contribution in [0.4, 0.5) is 4.39 Å². The van der Waals surface area contributed by atoms with Crippen molar-refractivity contribution in [2.24, 2.45) is 0 Å². The average molecular weight is 379 g/mol. The summed E-state index contributed by atoms with van der Waals surface area (Å²) >= 11 is 1.42. The van der Waals surface area contributed by atoms with Crippen LogP contribution >= 0.6 is 11.3 Å². The van der Waals surface area contributed by atoms with Crippen molar-refractivity contribution >= 4 is 21.6 Å². The van der Waals surface area contributed by atoms with Crippen LogP contribution < -0.4 is 10.9 Å². The number of nitrogens with one attached hydrogen (secondary N) is 2. The lowest BCUT2D eigenvalue weighted by atomic mass is 10.1. The molecule has 136 valence electrons. The fourth-order valence-electron chi connectivity index (χ4n) is 3.03. The van der Waals surface area contributed by atoms with Crippen LogP contribution in [0, 0.1) is 5.82 Å². The van der Waals surface area contributed by atoms with E-state index < -0.39 is 0 Å². The number of hydrogen-bond donors (Lipinski definition) is 2. The van der Waals surface area contributed by atoms with E-state index in [4.69, 9.17) is 0 Å². The van der Waals surface area contributed by atoms with Gasteiger partial charge < -0.3 is 10.3 Å². The van der Waals surface area contributed by atoms with E-state index in [9.17, 15) is 9.18 Å². The molecule has 4 rings (SSSR count). The predicted molar refractivity (Wildman–Crippen MR) is 107 cm³/mol. The average Bonchev–Trinajstić information content (AvgIpc) is 3.12. The zero-order valence-corrected chi connectivity index (χ0v) is 15.5. The van der Waals surface area contributed by atoms with Gasteiger partial charge in [-0.3, -0.25) is 4.79 Å². The second kappa shape index (κ2) is 7.42. The molecule has 0 fully saturated rings. The summed E-state index contributed by atoms with van der Waals surface area (Å²) < 4.78 is 13.2. The molecule has 0 bridgehead atoms. The van der Waals surface area contributed by atoms with Crippen molar-refractivity contribution in [2.75, 3.05) is 0 Å². The minimum absolute atomic E-state index is 0.144. The highest BCUT2D eigenvalue weighted by Crippen LogP contribution is 2.30.